The normalized spacial score (nSPS) is 2.10. The first kappa shape index (κ1) is 113. The molecule has 20 heavy (non-hydrogen) atoms. The molecule has 0 N–H and O–H groups in total. The van der Waals surface area contributed by atoms with Gasteiger partial charge in [-0.1, -0.05) is 13.8 Å². The molecule has 0 aliphatic rings. The molecule has 0 aliphatic heterocycles. The zero-order valence-electron chi connectivity index (χ0n) is 11.5. The van der Waals surface area contributed by atoms with Crippen molar-refractivity contribution in [2.24, 2.45) is 0 Å². The molecule has 0 amide bonds. The van der Waals surface area contributed by atoms with E-state index in [4.69, 9.17) is 0 Å². The summed E-state index contributed by atoms with van der Waals surface area (Å²) in [5.41, 5.74) is 0. The Kier molecular flexibility index (Phi) is 657. The van der Waals surface area contributed by atoms with Gasteiger partial charge >= 0.3 is 21.1 Å². The first-order chi connectivity index (χ1) is 2.41. The Morgan fingerprint density at radius 1 is 0.500 bits per heavy atom. The van der Waals surface area contributed by atoms with Gasteiger partial charge in [0.15, 0.2) is 0 Å². The summed E-state index contributed by atoms with van der Waals surface area (Å²) in [4.78, 5) is 0. The van der Waals surface area contributed by atoms with Gasteiger partial charge < -0.3 is 28.7 Å². The molecule has 0 saturated heterocycles. The largest absolute Gasteiger partial charge is 2.00 e. The quantitative estimate of drug-likeness (QED) is 0.378. The molecule has 0 rings (SSSR count). The Hall–Kier alpha value is 14.4. The molecule has 143 valence electrons. The maximum absolute atomic E-state index is 2.25. The van der Waals surface area contributed by atoms with Crippen LogP contribution in [0.4, 0.5) is 0 Å². The summed E-state index contributed by atoms with van der Waals surface area (Å²) in [7, 11) is 0. The zero-order valence-corrected chi connectivity index (χ0v) is 24.4. The van der Waals surface area contributed by atoms with Crippen LogP contribution >= 0.6 is 0 Å². The fourth-order valence-electron chi connectivity index (χ4n) is 0.289. The van der Waals surface area contributed by atoms with E-state index in [1.807, 2.05) is 0 Å². The Bertz CT molecular complexity index is 36.7. The molecule has 12 heteroatoms. The van der Waals surface area contributed by atoms with E-state index in [0.29, 0.717) is 0 Å². The van der Waals surface area contributed by atoms with E-state index >= 15 is 0 Å². The summed E-state index contributed by atoms with van der Waals surface area (Å²) in [5.74, 6) is 0. The van der Waals surface area contributed by atoms with E-state index in [2.05, 4.69) is 20.3 Å². The molecule has 0 heterocycles. The van der Waals surface area contributed by atoms with Gasteiger partial charge in [0.2, 0.25) is 0 Å². The van der Waals surface area contributed by atoms with Gasteiger partial charge in [0, 0.05) is 410 Å². The summed E-state index contributed by atoms with van der Waals surface area (Å²) in [5, 5.41) is 0. The van der Waals surface area contributed by atoms with Gasteiger partial charge in [-0.2, -0.15) is 12.8 Å². The van der Waals surface area contributed by atoms with Gasteiger partial charge in [0.25, 0.3) is 0 Å². The average Bonchev–Trinajstić information content (AvgIpc) is 1.41. The molecule has 0 aliphatic carbocycles. The maximum atomic E-state index is 2.25. The Morgan fingerprint density at radius 3 is 0.600 bits per heavy atom. The van der Waals surface area contributed by atoms with Gasteiger partial charge in [0.1, 0.15) is 0 Å². The van der Waals surface area contributed by atoms with Crippen molar-refractivity contribution in [3.05, 3.63) is 28.7 Å². The zero-order chi connectivity index (χ0) is 4.12. The van der Waals surface area contributed by atoms with Gasteiger partial charge in [0.05, 0.1) is 0 Å². The van der Waals surface area contributed by atoms with Crippen molar-refractivity contribution in [3.63, 3.8) is 0 Å². The molecule has 1 radical (unpaired) electrons. The molecule has 0 fully saturated rings. The van der Waals surface area contributed by atoms with Gasteiger partial charge in [-0.05, 0) is 0 Å². The van der Waals surface area contributed by atoms with Crippen LogP contribution in [0, 0.1) is 406 Å². The van der Waals surface area contributed by atoms with Gasteiger partial charge in [-0.25, -0.2) is 0 Å². The molecule has 0 atom stereocenters. The molecule has 0 nitrogen and oxygen atoms in total. The maximum Gasteiger partial charge on any atom is 2.00 e. The third-order valence-corrected chi connectivity index (χ3v) is 0.577. The number of rotatable bonds is 2. The first-order valence-corrected chi connectivity index (χ1v) is 2.23. The van der Waals surface area contributed by atoms with Crippen LogP contribution in [0.15, 0.2) is 0 Å². The summed E-state index contributed by atoms with van der Waals surface area (Å²) >= 11 is 0. The smallest absolute Gasteiger partial charge is 0.358 e. The van der Waals surface area contributed by atoms with E-state index in [0.717, 1.165) is 0 Å². The van der Waals surface area contributed by atoms with Crippen molar-refractivity contribution in [3.8, 4) is 0 Å². The summed E-state index contributed by atoms with van der Waals surface area (Å²) in [6.45, 7) is 4.31. The Labute approximate surface area is 469 Å². The molecule has 0 aromatic heterocycles. The summed E-state index contributed by atoms with van der Waals surface area (Å²) < 4.78 is 0. The molecule has 0 unspecified atom stereocenters. The molecule has 0 aromatic rings. The van der Waals surface area contributed by atoms with E-state index in [1.54, 1.807) is 0 Å². The molecule has 0 bridgehead atoms. The second-order valence-electron chi connectivity index (χ2n) is 1.11. The Balaban J connectivity index is -0.000000000762. The molecular weight excluding hydrogens is 768 g/mol. The van der Waals surface area contributed by atoms with Crippen LogP contribution in [-0.4, -0.2) is 0 Å². The van der Waals surface area contributed by atoms with Crippen LogP contribution in [0.5, 0.6) is 0 Å². The number of hydrogen-bond acceptors (Lipinski definition) is 0. The fraction of sp³-hybridized carbons (Fsp3) is 0.500. The van der Waals surface area contributed by atoms with E-state index in [1.165, 1.54) is 12.8 Å². The minimum Gasteiger partial charge on any atom is -0.358 e. The fourth-order valence-corrected chi connectivity index (χ4v) is 0.289. The predicted molar refractivity (Wildman–Crippen MR) is 44.1 cm³/mol. The molecule has 0 aromatic carbocycles. The summed E-state index contributed by atoms with van der Waals surface area (Å²) in [6, 6.07) is 0. The summed E-state index contributed by atoms with van der Waals surface area (Å²) in [6.07, 6.45) is 4.69. The molecule has 0 spiro atoms. The second-order valence-corrected chi connectivity index (χ2v) is 1.11. The topological polar surface area (TPSA) is 0 Å². The van der Waals surface area contributed by atoms with Crippen molar-refractivity contribution >= 4 is 0 Å². The molecular formula is C8H20Ar10WY-2. The van der Waals surface area contributed by atoms with Crippen molar-refractivity contribution in [1.82, 2.24) is 0 Å². The number of unbranched alkanes of at least 4 members (excludes halogenated alkanes) is 2. The first-order valence-electron chi connectivity index (χ1n) is 2.23. The minimum atomic E-state index is 0. The van der Waals surface area contributed by atoms with E-state index in [-0.39, 0.29) is 453 Å². The monoisotopic (exact) mass is 789 g/mol. The van der Waals surface area contributed by atoms with Crippen LogP contribution in [0.3, 0.4) is 0 Å². The van der Waals surface area contributed by atoms with Gasteiger partial charge in [-0.15, -0.1) is 0 Å². The van der Waals surface area contributed by atoms with Crippen molar-refractivity contribution in [2.75, 3.05) is 0 Å². The average molecular weight is 788 g/mol. The third-order valence-electron chi connectivity index (χ3n) is 0.577. The van der Waals surface area contributed by atoms with Crippen LogP contribution in [0.2, 0.25) is 0 Å². The standard InChI is InChI=1S/C5H11.3CH3.10Ar.W.Y/c1-3-5-4-2;;;;;;;;;;;;;;;/h5H,3-4H2,1-2H3;3*1H3;;;;;;;;;;;;/q4*-1;;;;;;;;;;;+2;. The third kappa shape index (κ3) is 119. The SMILES string of the molecule is CC[CH-]CC.[Ar].[Ar].[Ar].[Ar].[Ar].[Ar].[Ar].[Ar].[Ar].[Ar].[CH3-].[CH3-].[CH3-].[W+2].[Y]. The Morgan fingerprint density at radius 2 is 0.600 bits per heavy atom. The van der Waals surface area contributed by atoms with Crippen molar-refractivity contribution in [1.29, 1.82) is 0 Å². The van der Waals surface area contributed by atoms with Gasteiger partial charge in [-0.3, -0.25) is 0 Å². The van der Waals surface area contributed by atoms with E-state index in [9.17, 15) is 0 Å². The molecule has 0 saturated carbocycles. The van der Waals surface area contributed by atoms with Crippen LogP contribution in [0.25, 0.3) is 0 Å². The number of hydrogen-bond donors (Lipinski definition) is 0. The van der Waals surface area contributed by atoms with Crippen molar-refractivity contribution < 1.29 is 431 Å². The van der Waals surface area contributed by atoms with Crippen molar-refractivity contribution in [2.45, 2.75) is 26.7 Å². The minimum absolute atomic E-state index is 0. The van der Waals surface area contributed by atoms with Crippen LogP contribution < -0.4 is 0 Å². The van der Waals surface area contributed by atoms with E-state index < -0.39 is 0 Å². The predicted octanol–water partition coefficient (Wildman–Crippen LogP) is 3.36. The van der Waals surface area contributed by atoms with Crippen LogP contribution in [-0.2, 0) is 53.8 Å². The van der Waals surface area contributed by atoms with Crippen LogP contribution in [0.1, 0.15) is 26.7 Å². The second kappa shape index (κ2) is 116.